The van der Waals surface area contributed by atoms with Crippen molar-refractivity contribution in [3.63, 3.8) is 0 Å². The maximum absolute atomic E-state index is 10.5. The molecule has 1 unspecified atom stereocenters. The van der Waals surface area contributed by atoms with Crippen LogP contribution in [-0.4, -0.2) is 34.8 Å². The zero-order valence-electron chi connectivity index (χ0n) is 11.5. The van der Waals surface area contributed by atoms with Crippen LogP contribution in [0.15, 0.2) is 24.3 Å². The van der Waals surface area contributed by atoms with E-state index in [-0.39, 0.29) is 12.3 Å². The minimum absolute atomic E-state index is 0.0257. The number of nitrogens with zero attached hydrogens (tertiary/aromatic N) is 1. The molecule has 20 heavy (non-hydrogen) atoms. The second kappa shape index (κ2) is 9.41. The highest BCUT2D eigenvalue weighted by Crippen LogP contribution is 2.17. The van der Waals surface area contributed by atoms with E-state index in [4.69, 9.17) is 5.11 Å². The van der Waals surface area contributed by atoms with Crippen LogP contribution in [0.1, 0.15) is 37.4 Å². The monoisotopic (exact) mass is 282 g/mol. The number of nitrogens with one attached hydrogen (secondary N) is 1. The highest BCUT2D eigenvalue weighted by atomic mass is 16.6. The average Bonchev–Trinajstić information content (AvgIpc) is 2.46. The lowest BCUT2D eigenvalue weighted by atomic mass is 10.1. The third-order valence-corrected chi connectivity index (χ3v) is 3.09. The molecule has 0 aromatic heterocycles. The summed E-state index contributed by atoms with van der Waals surface area (Å²) in [6.45, 7) is 1.49. The van der Waals surface area contributed by atoms with Gasteiger partial charge in [0.1, 0.15) is 0 Å². The summed E-state index contributed by atoms with van der Waals surface area (Å²) < 4.78 is 0. The lowest BCUT2D eigenvalue weighted by Gasteiger charge is -2.12. The number of aliphatic hydroxyl groups is 2. The molecule has 0 amide bonds. The van der Waals surface area contributed by atoms with E-state index >= 15 is 0 Å². The molecule has 1 rings (SSSR count). The van der Waals surface area contributed by atoms with Crippen LogP contribution < -0.4 is 5.32 Å². The molecule has 1 aromatic carbocycles. The fourth-order valence-electron chi connectivity index (χ4n) is 1.89. The molecule has 6 nitrogen and oxygen atoms in total. The summed E-state index contributed by atoms with van der Waals surface area (Å²) in [5.74, 6) is 0. The number of hydrogen-bond acceptors (Lipinski definition) is 5. The largest absolute Gasteiger partial charge is 0.396 e. The summed E-state index contributed by atoms with van der Waals surface area (Å²) in [6.07, 6.45) is 3.26. The van der Waals surface area contributed by atoms with Crippen molar-refractivity contribution in [2.24, 2.45) is 0 Å². The zero-order chi connectivity index (χ0) is 14.8. The van der Waals surface area contributed by atoms with Gasteiger partial charge in [0.25, 0.3) is 5.69 Å². The van der Waals surface area contributed by atoms with Crippen LogP contribution in [0.2, 0.25) is 0 Å². The number of nitro benzene ring substituents is 1. The summed E-state index contributed by atoms with van der Waals surface area (Å²) in [5, 5.41) is 32.2. The maximum atomic E-state index is 10.5. The van der Waals surface area contributed by atoms with Crippen molar-refractivity contribution in [1.82, 2.24) is 5.32 Å². The molecule has 0 aliphatic heterocycles. The van der Waals surface area contributed by atoms with E-state index in [2.05, 4.69) is 5.32 Å². The van der Waals surface area contributed by atoms with Crippen molar-refractivity contribution in [3.05, 3.63) is 39.9 Å². The topological polar surface area (TPSA) is 95.6 Å². The Hall–Kier alpha value is -1.50. The van der Waals surface area contributed by atoms with Gasteiger partial charge in [-0.05, 0) is 37.1 Å². The van der Waals surface area contributed by atoms with Crippen LogP contribution in [0.3, 0.4) is 0 Å². The molecule has 112 valence electrons. The van der Waals surface area contributed by atoms with Gasteiger partial charge >= 0.3 is 0 Å². The fourth-order valence-corrected chi connectivity index (χ4v) is 1.89. The van der Waals surface area contributed by atoms with Gasteiger partial charge in [0.15, 0.2) is 0 Å². The van der Waals surface area contributed by atoms with Gasteiger partial charge in [-0.3, -0.25) is 10.1 Å². The maximum Gasteiger partial charge on any atom is 0.269 e. The predicted molar refractivity (Wildman–Crippen MR) is 76.5 cm³/mol. The number of nitro groups is 1. The molecule has 1 atom stereocenters. The Labute approximate surface area is 118 Å². The van der Waals surface area contributed by atoms with Gasteiger partial charge in [-0.25, -0.2) is 0 Å². The Bertz CT molecular complexity index is 395. The summed E-state index contributed by atoms with van der Waals surface area (Å²) >= 11 is 0. The summed E-state index contributed by atoms with van der Waals surface area (Å²) in [7, 11) is 0. The van der Waals surface area contributed by atoms with E-state index in [1.807, 2.05) is 0 Å². The Kier molecular flexibility index (Phi) is 7.79. The third-order valence-electron chi connectivity index (χ3n) is 3.09. The molecule has 0 radical (unpaired) electrons. The first kappa shape index (κ1) is 16.6. The van der Waals surface area contributed by atoms with Gasteiger partial charge in [-0.15, -0.1) is 0 Å². The van der Waals surface area contributed by atoms with Crippen LogP contribution >= 0.6 is 0 Å². The Morgan fingerprint density at radius 3 is 2.40 bits per heavy atom. The van der Waals surface area contributed by atoms with E-state index in [9.17, 15) is 15.2 Å². The minimum Gasteiger partial charge on any atom is -0.396 e. The molecule has 6 heteroatoms. The average molecular weight is 282 g/mol. The first-order valence-electron chi connectivity index (χ1n) is 6.89. The standard InChI is InChI=1S/C14H22N2O4/c17-10-4-2-1-3-9-15-11-14(18)12-5-7-13(8-6-12)16(19)20/h5-8,14-15,17-18H,1-4,9-11H2. The molecular weight excluding hydrogens is 260 g/mol. The molecule has 0 spiro atoms. The number of hydrogen-bond donors (Lipinski definition) is 3. The normalized spacial score (nSPS) is 12.3. The minimum atomic E-state index is -0.659. The summed E-state index contributed by atoms with van der Waals surface area (Å²) in [5.41, 5.74) is 0.696. The number of benzene rings is 1. The predicted octanol–water partition coefficient (Wildman–Crippen LogP) is 1.77. The molecular formula is C14H22N2O4. The second-order valence-corrected chi connectivity index (χ2v) is 4.71. The first-order valence-corrected chi connectivity index (χ1v) is 6.89. The summed E-state index contributed by atoms with van der Waals surface area (Å²) in [6, 6.07) is 5.94. The molecule has 0 heterocycles. The van der Waals surface area contributed by atoms with Crippen LogP contribution in [0.4, 0.5) is 5.69 Å². The molecule has 0 aliphatic rings. The van der Waals surface area contributed by atoms with Crippen LogP contribution in [0, 0.1) is 10.1 Å². The molecule has 0 fully saturated rings. The first-order chi connectivity index (χ1) is 9.65. The van der Waals surface area contributed by atoms with Gasteiger partial charge in [0.05, 0.1) is 11.0 Å². The molecule has 0 bridgehead atoms. The van der Waals surface area contributed by atoms with Gasteiger partial charge < -0.3 is 15.5 Å². The quantitative estimate of drug-likeness (QED) is 0.345. The number of rotatable bonds is 10. The van der Waals surface area contributed by atoms with E-state index in [0.29, 0.717) is 12.1 Å². The van der Waals surface area contributed by atoms with E-state index in [0.717, 1.165) is 32.2 Å². The van der Waals surface area contributed by atoms with E-state index < -0.39 is 11.0 Å². The number of aliphatic hydroxyl groups excluding tert-OH is 2. The van der Waals surface area contributed by atoms with Crippen molar-refractivity contribution in [3.8, 4) is 0 Å². The van der Waals surface area contributed by atoms with Gasteiger partial charge in [0, 0.05) is 25.3 Å². The van der Waals surface area contributed by atoms with E-state index in [1.165, 1.54) is 12.1 Å². The van der Waals surface area contributed by atoms with Crippen LogP contribution in [0.25, 0.3) is 0 Å². The van der Waals surface area contributed by atoms with E-state index in [1.54, 1.807) is 12.1 Å². The van der Waals surface area contributed by atoms with Crippen LogP contribution in [0.5, 0.6) is 0 Å². The Balaban J connectivity index is 2.22. The molecule has 0 saturated carbocycles. The highest BCUT2D eigenvalue weighted by molar-refractivity contribution is 5.33. The number of unbranched alkanes of at least 4 members (excludes halogenated alkanes) is 3. The van der Waals surface area contributed by atoms with Crippen molar-refractivity contribution in [2.45, 2.75) is 31.8 Å². The van der Waals surface area contributed by atoms with Crippen molar-refractivity contribution >= 4 is 5.69 Å². The molecule has 1 aromatic rings. The Morgan fingerprint density at radius 1 is 1.15 bits per heavy atom. The molecule has 3 N–H and O–H groups in total. The highest BCUT2D eigenvalue weighted by Gasteiger charge is 2.09. The van der Waals surface area contributed by atoms with Gasteiger partial charge in [-0.1, -0.05) is 12.8 Å². The zero-order valence-corrected chi connectivity index (χ0v) is 11.5. The van der Waals surface area contributed by atoms with Gasteiger partial charge in [0.2, 0.25) is 0 Å². The fraction of sp³-hybridized carbons (Fsp3) is 0.571. The molecule has 0 saturated heterocycles. The summed E-state index contributed by atoms with van der Waals surface area (Å²) in [4.78, 5) is 10.1. The number of non-ortho nitro benzene ring substituents is 1. The second-order valence-electron chi connectivity index (χ2n) is 4.71. The lowest BCUT2D eigenvalue weighted by molar-refractivity contribution is -0.384. The van der Waals surface area contributed by atoms with Crippen LogP contribution in [-0.2, 0) is 0 Å². The smallest absolute Gasteiger partial charge is 0.269 e. The third kappa shape index (κ3) is 6.10. The Morgan fingerprint density at radius 2 is 1.80 bits per heavy atom. The SMILES string of the molecule is O=[N+]([O-])c1ccc(C(O)CNCCCCCCO)cc1. The molecule has 0 aliphatic carbocycles. The van der Waals surface area contributed by atoms with Gasteiger partial charge in [-0.2, -0.15) is 0 Å². The van der Waals surface area contributed by atoms with Crippen molar-refractivity contribution in [2.75, 3.05) is 19.7 Å². The lowest BCUT2D eigenvalue weighted by Crippen LogP contribution is -2.22. The van der Waals surface area contributed by atoms with Crippen molar-refractivity contribution in [1.29, 1.82) is 0 Å². The van der Waals surface area contributed by atoms with Crippen molar-refractivity contribution < 1.29 is 15.1 Å².